The number of nitrogen functional groups attached to an aromatic ring is 1. The third-order valence-electron chi connectivity index (χ3n) is 2.68. The summed E-state index contributed by atoms with van der Waals surface area (Å²) in [5.74, 6) is -0.676. The van der Waals surface area contributed by atoms with Gasteiger partial charge in [0.1, 0.15) is 11.6 Å². The summed E-state index contributed by atoms with van der Waals surface area (Å²) in [5, 5.41) is 0. The SMILES string of the molecule is Cc1ccc(F)cc1-c1nc(N)ccc1C(F)(F)F. The predicted molar refractivity (Wildman–Crippen MR) is 63.8 cm³/mol. The maximum atomic E-state index is 13.2. The Hall–Kier alpha value is -2.11. The number of hydrogen-bond acceptors (Lipinski definition) is 2. The predicted octanol–water partition coefficient (Wildman–Crippen LogP) is 3.80. The van der Waals surface area contributed by atoms with E-state index in [2.05, 4.69) is 4.98 Å². The zero-order chi connectivity index (χ0) is 14.2. The second-order valence-electron chi connectivity index (χ2n) is 4.09. The highest BCUT2D eigenvalue weighted by atomic mass is 19.4. The summed E-state index contributed by atoms with van der Waals surface area (Å²) in [7, 11) is 0. The van der Waals surface area contributed by atoms with E-state index >= 15 is 0 Å². The fraction of sp³-hybridized carbons (Fsp3) is 0.154. The molecule has 100 valence electrons. The van der Waals surface area contributed by atoms with E-state index < -0.39 is 17.6 Å². The van der Waals surface area contributed by atoms with Crippen LogP contribution in [-0.2, 0) is 6.18 Å². The molecule has 19 heavy (non-hydrogen) atoms. The van der Waals surface area contributed by atoms with Crippen LogP contribution in [-0.4, -0.2) is 4.98 Å². The van der Waals surface area contributed by atoms with Gasteiger partial charge in [0.2, 0.25) is 0 Å². The summed E-state index contributed by atoms with van der Waals surface area (Å²) in [6.45, 7) is 1.58. The Morgan fingerprint density at radius 2 is 1.79 bits per heavy atom. The quantitative estimate of drug-likeness (QED) is 0.800. The average molecular weight is 270 g/mol. The molecule has 1 aromatic heterocycles. The second kappa shape index (κ2) is 4.53. The van der Waals surface area contributed by atoms with E-state index in [0.717, 1.165) is 18.2 Å². The van der Waals surface area contributed by atoms with Gasteiger partial charge in [-0.05, 0) is 36.8 Å². The lowest BCUT2D eigenvalue weighted by Crippen LogP contribution is -2.10. The van der Waals surface area contributed by atoms with Crippen LogP contribution in [0, 0.1) is 12.7 Å². The van der Waals surface area contributed by atoms with Crippen LogP contribution in [0.3, 0.4) is 0 Å². The number of halogens is 4. The van der Waals surface area contributed by atoms with E-state index in [1.165, 1.54) is 12.1 Å². The molecule has 0 aliphatic carbocycles. The minimum Gasteiger partial charge on any atom is -0.384 e. The van der Waals surface area contributed by atoms with Crippen molar-refractivity contribution in [2.24, 2.45) is 0 Å². The van der Waals surface area contributed by atoms with Gasteiger partial charge >= 0.3 is 6.18 Å². The molecule has 0 saturated carbocycles. The molecular weight excluding hydrogens is 260 g/mol. The number of aryl methyl sites for hydroxylation is 1. The van der Waals surface area contributed by atoms with Gasteiger partial charge < -0.3 is 5.73 Å². The molecule has 2 aromatic rings. The number of alkyl halides is 3. The van der Waals surface area contributed by atoms with Gasteiger partial charge in [0, 0.05) is 5.56 Å². The topological polar surface area (TPSA) is 38.9 Å². The summed E-state index contributed by atoms with van der Waals surface area (Å²) in [4.78, 5) is 3.70. The highest BCUT2D eigenvalue weighted by molar-refractivity contribution is 5.69. The minimum absolute atomic E-state index is 0.0494. The summed E-state index contributed by atoms with van der Waals surface area (Å²) < 4.78 is 52.0. The molecule has 0 spiro atoms. The van der Waals surface area contributed by atoms with Crippen LogP contribution in [0.5, 0.6) is 0 Å². The molecule has 0 fully saturated rings. The molecular formula is C13H10F4N2. The standard InChI is InChI=1S/C13H10F4N2/c1-7-2-3-8(14)6-9(7)12-10(13(15,16)17)4-5-11(18)19-12/h2-6H,1H3,(H2,18,19). The minimum atomic E-state index is -4.57. The molecule has 2 N–H and O–H groups in total. The Kier molecular flexibility index (Phi) is 3.18. The van der Waals surface area contributed by atoms with Crippen molar-refractivity contribution in [3.63, 3.8) is 0 Å². The van der Waals surface area contributed by atoms with E-state index in [-0.39, 0.29) is 17.1 Å². The third kappa shape index (κ3) is 2.67. The first-order chi connectivity index (χ1) is 8.79. The normalized spacial score (nSPS) is 11.6. The number of benzene rings is 1. The molecule has 1 heterocycles. The highest BCUT2D eigenvalue weighted by Crippen LogP contribution is 2.37. The van der Waals surface area contributed by atoms with Crippen molar-refractivity contribution in [3.8, 4) is 11.3 Å². The monoisotopic (exact) mass is 270 g/mol. The summed E-state index contributed by atoms with van der Waals surface area (Å²) >= 11 is 0. The number of nitrogens with zero attached hydrogens (tertiary/aromatic N) is 1. The Labute approximate surface area is 106 Å². The number of anilines is 1. The first-order valence-electron chi connectivity index (χ1n) is 5.39. The maximum Gasteiger partial charge on any atom is 0.418 e. The lowest BCUT2D eigenvalue weighted by Gasteiger charge is -2.14. The largest absolute Gasteiger partial charge is 0.418 e. The number of pyridine rings is 1. The molecule has 0 saturated heterocycles. The molecule has 0 radical (unpaired) electrons. The fourth-order valence-electron chi connectivity index (χ4n) is 1.76. The van der Waals surface area contributed by atoms with Crippen LogP contribution < -0.4 is 5.73 Å². The molecule has 0 aliphatic rings. The van der Waals surface area contributed by atoms with Crippen molar-refractivity contribution in [1.29, 1.82) is 0 Å². The van der Waals surface area contributed by atoms with Gasteiger partial charge in [0.15, 0.2) is 0 Å². The Morgan fingerprint density at radius 1 is 1.11 bits per heavy atom. The highest BCUT2D eigenvalue weighted by Gasteiger charge is 2.35. The lowest BCUT2D eigenvalue weighted by molar-refractivity contribution is -0.137. The van der Waals surface area contributed by atoms with E-state index in [0.29, 0.717) is 5.56 Å². The molecule has 2 nitrogen and oxygen atoms in total. The van der Waals surface area contributed by atoms with Crippen LogP contribution in [0.4, 0.5) is 23.4 Å². The van der Waals surface area contributed by atoms with E-state index in [9.17, 15) is 17.6 Å². The molecule has 0 aliphatic heterocycles. The van der Waals surface area contributed by atoms with Gasteiger partial charge in [0.05, 0.1) is 11.3 Å². The van der Waals surface area contributed by atoms with Gasteiger partial charge in [-0.3, -0.25) is 0 Å². The van der Waals surface area contributed by atoms with Crippen LogP contribution in [0.2, 0.25) is 0 Å². The number of rotatable bonds is 1. The Morgan fingerprint density at radius 3 is 2.42 bits per heavy atom. The van der Waals surface area contributed by atoms with Gasteiger partial charge in [-0.2, -0.15) is 13.2 Å². The Bertz CT molecular complexity index is 621. The van der Waals surface area contributed by atoms with E-state index in [4.69, 9.17) is 5.73 Å². The van der Waals surface area contributed by atoms with Crippen molar-refractivity contribution in [2.75, 3.05) is 5.73 Å². The van der Waals surface area contributed by atoms with Crippen molar-refractivity contribution >= 4 is 5.82 Å². The van der Waals surface area contributed by atoms with Crippen molar-refractivity contribution in [2.45, 2.75) is 13.1 Å². The molecule has 2 rings (SSSR count). The zero-order valence-electron chi connectivity index (χ0n) is 9.92. The van der Waals surface area contributed by atoms with Crippen molar-refractivity contribution < 1.29 is 17.6 Å². The summed E-state index contributed by atoms with van der Waals surface area (Å²) in [6.07, 6.45) is -4.57. The molecule has 0 atom stereocenters. The molecule has 0 bridgehead atoms. The van der Waals surface area contributed by atoms with Crippen LogP contribution in [0.25, 0.3) is 11.3 Å². The van der Waals surface area contributed by atoms with E-state index in [1.54, 1.807) is 6.92 Å². The van der Waals surface area contributed by atoms with Gasteiger partial charge in [-0.25, -0.2) is 9.37 Å². The summed E-state index contributed by atoms with van der Waals surface area (Å²) in [5.41, 5.74) is 4.71. The molecule has 6 heteroatoms. The first-order valence-corrected chi connectivity index (χ1v) is 5.39. The molecule has 1 aromatic carbocycles. The van der Waals surface area contributed by atoms with Crippen molar-refractivity contribution in [3.05, 3.63) is 47.3 Å². The fourth-order valence-corrected chi connectivity index (χ4v) is 1.76. The molecule has 0 unspecified atom stereocenters. The van der Waals surface area contributed by atoms with E-state index in [1.807, 2.05) is 0 Å². The van der Waals surface area contributed by atoms with Crippen LogP contribution in [0.1, 0.15) is 11.1 Å². The smallest absolute Gasteiger partial charge is 0.384 e. The second-order valence-corrected chi connectivity index (χ2v) is 4.09. The number of nitrogens with two attached hydrogens (primary N) is 1. The number of hydrogen-bond donors (Lipinski definition) is 1. The maximum absolute atomic E-state index is 13.2. The molecule has 0 amide bonds. The summed E-state index contributed by atoms with van der Waals surface area (Å²) in [6, 6.07) is 5.52. The zero-order valence-corrected chi connectivity index (χ0v) is 9.92. The average Bonchev–Trinajstić information content (AvgIpc) is 2.30. The van der Waals surface area contributed by atoms with Crippen LogP contribution >= 0.6 is 0 Å². The Balaban J connectivity index is 2.73. The lowest BCUT2D eigenvalue weighted by atomic mass is 10.0. The third-order valence-corrected chi connectivity index (χ3v) is 2.68. The first kappa shape index (κ1) is 13.3. The van der Waals surface area contributed by atoms with Gasteiger partial charge in [-0.1, -0.05) is 6.07 Å². The van der Waals surface area contributed by atoms with Gasteiger partial charge in [0.25, 0.3) is 0 Å². The van der Waals surface area contributed by atoms with Crippen molar-refractivity contribution in [1.82, 2.24) is 4.98 Å². The number of aromatic nitrogens is 1. The van der Waals surface area contributed by atoms with Gasteiger partial charge in [-0.15, -0.1) is 0 Å². The van der Waals surface area contributed by atoms with Crippen LogP contribution in [0.15, 0.2) is 30.3 Å².